The van der Waals surface area contributed by atoms with Crippen molar-refractivity contribution in [2.24, 2.45) is 0 Å². The first-order valence-corrected chi connectivity index (χ1v) is 22.3. The fourth-order valence-corrected chi connectivity index (χ4v) is 7.69. The number of pyridine rings is 2. The molecule has 2 aromatic carbocycles. The summed E-state index contributed by atoms with van der Waals surface area (Å²) in [6.07, 6.45) is -0.410. The summed E-state index contributed by atoms with van der Waals surface area (Å²) < 4.78 is 12.0. The molecular formula is C48H68BBrN6O6. The summed E-state index contributed by atoms with van der Waals surface area (Å²) in [5.41, 5.74) is 11.0. The molecular weight excluding hydrogens is 847 g/mol. The molecule has 0 aliphatic carbocycles. The lowest BCUT2D eigenvalue weighted by Gasteiger charge is -2.35. The maximum atomic E-state index is 12.2. The summed E-state index contributed by atoms with van der Waals surface area (Å²) >= 11 is 3.50. The van der Waals surface area contributed by atoms with Crippen molar-refractivity contribution in [3.63, 3.8) is 0 Å². The van der Waals surface area contributed by atoms with Crippen LogP contribution >= 0.6 is 15.9 Å². The number of hydrogen-bond acceptors (Lipinski definition) is 10. The Hall–Kier alpha value is -4.34. The monoisotopic (exact) mass is 914 g/mol. The van der Waals surface area contributed by atoms with Crippen LogP contribution in [0.3, 0.4) is 0 Å². The lowest BCUT2D eigenvalue weighted by atomic mass is 9.80. The molecule has 0 radical (unpaired) electrons. The maximum Gasteiger partial charge on any atom is 0.488 e. The minimum atomic E-state index is -1.39. The van der Waals surface area contributed by atoms with Crippen LogP contribution in [0.15, 0.2) is 65.1 Å². The van der Waals surface area contributed by atoms with Gasteiger partial charge in [0, 0.05) is 92.7 Å². The average Bonchev–Trinajstić information content (AvgIpc) is 3.16. The lowest BCUT2D eigenvalue weighted by Crippen LogP contribution is -2.49. The van der Waals surface area contributed by atoms with E-state index in [4.69, 9.17) is 19.5 Å². The van der Waals surface area contributed by atoms with Crippen LogP contribution in [0.2, 0.25) is 0 Å². The van der Waals surface area contributed by atoms with Crippen LogP contribution < -0.4 is 5.46 Å². The smallest absolute Gasteiger partial charge is 0.444 e. The molecule has 4 heterocycles. The molecule has 0 bridgehead atoms. The van der Waals surface area contributed by atoms with Crippen molar-refractivity contribution in [1.29, 1.82) is 0 Å². The molecule has 2 N–H and O–H groups in total. The average molecular weight is 916 g/mol. The number of amides is 2. The Balaban J connectivity index is 0.000000225. The van der Waals surface area contributed by atoms with Crippen molar-refractivity contribution >= 4 is 40.7 Å². The highest BCUT2D eigenvalue weighted by Gasteiger charge is 2.27. The van der Waals surface area contributed by atoms with E-state index in [0.29, 0.717) is 18.6 Å². The molecule has 2 aliphatic heterocycles. The number of hydrogen-bond donors (Lipinski definition) is 2. The molecule has 6 rings (SSSR count). The van der Waals surface area contributed by atoms with Crippen molar-refractivity contribution in [3.05, 3.63) is 110 Å². The zero-order chi connectivity index (χ0) is 45.9. The number of aromatic nitrogens is 2. The highest BCUT2D eigenvalue weighted by atomic mass is 79.9. The van der Waals surface area contributed by atoms with Gasteiger partial charge in [-0.3, -0.25) is 19.8 Å². The van der Waals surface area contributed by atoms with Gasteiger partial charge < -0.3 is 29.3 Å². The Bertz CT molecular complexity index is 2080. The summed E-state index contributed by atoms with van der Waals surface area (Å²) in [4.78, 5) is 41.3. The van der Waals surface area contributed by atoms with Crippen LogP contribution in [-0.4, -0.2) is 122 Å². The first-order valence-electron chi connectivity index (χ1n) is 21.5. The summed E-state index contributed by atoms with van der Waals surface area (Å²) in [6.45, 7) is 31.6. The molecule has 14 heteroatoms. The number of piperazine rings is 2. The largest absolute Gasteiger partial charge is 0.488 e. The molecule has 0 unspecified atom stereocenters. The van der Waals surface area contributed by atoms with Crippen molar-refractivity contribution in [2.75, 3.05) is 52.4 Å². The number of carbonyl (C=O) groups is 2. The highest BCUT2D eigenvalue weighted by molar-refractivity contribution is 9.10. The van der Waals surface area contributed by atoms with Gasteiger partial charge in [-0.25, -0.2) is 9.59 Å². The maximum absolute atomic E-state index is 12.2. The van der Waals surface area contributed by atoms with E-state index in [9.17, 15) is 9.59 Å². The van der Waals surface area contributed by atoms with E-state index in [0.717, 1.165) is 79.6 Å². The standard InChI is InChI=1S/C24H33N3O2.C17H25BrN2O2.C7H10BNO2/c1-17-13-20(22-14-18(2)25-19(3)15-22)7-8-21(17)16-26-9-11-27(12-10-26)23(28)29-24(4,5)6;1-13-11-15(18)6-5-14(13)12-19-7-9-20(10-8-19)16(21)22-17(2,3)4;1-5-3-7(8(10)11)4-6(2)9-5/h7-8,13-15H,9-12,16H2,1-6H3;5-6,11H,7-10,12H2,1-4H3;3-4,10-11H,1-2H3. The molecule has 2 saturated heterocycles. The number of nitrogens with zero attached hydrogens (tertiary/aromatic N) is 6. The zero-order valence-corrected chi connectivity index (χ0v) is 40.6. The summed E-state index contributed by atoms with van der Waals surface area (Å²) in [5, 5.41) is 17.6. The zero-order valence-electron chi connectivity index (χ0n) is 39.0. The van der Waals surface area contributed by atoms with E-state index in [1.54, 1.807) is 17.0 Å². The van der Waals surface area contributed by atoms with Crippen LogP contribution in [0.4, 0.5) is 9.59 Å². The van der Waals surface area contributed by atoms with Crippen LogP contribution in [-0.2, 0) is 22.6 Å². The topological polar surface area (TPSA) is 132 Å². The van der Waals surface area contributed by atoms with E-state index < -0.39 is 18.3 Å². The highest BCUT2D eigenvalue weighted by Crippen LogP contribution is 2.25. The van der Waals surface area contributed by atoms with Gasteiger partial charge in [0.25, 0.3) is 0 Å². The van der Waals surface area contributed by atoms with Crippen LogP contribution in [0.1, 0.15) is 86.6 Å². The van der Waals surface area contributed by atoms with Crippen LogP contribution in [0.5, 0.6) is 0 Å². The lowest BCUT2D eigenvalue weighted by molar-refractivity contribution is 0.0129. The Morgan fingerprint density at radius 1 is 0.581 bits per heavy atom. The molecule has 62 heavy (non-hydrogen) atoms. The Morgan fingerprint density at radius 3 is 1.34 bits per heavy atom. The van der Waals surface area contributed by atoms with Crippen molar-refractivity contribution < 1.29 is 29.1 Å². The molecule has 2 amide bonds. The second-order valence-corrected chi connectivity index (χ2v) is 19.3. The quantitative estimate of drug-likeness (QED) is 0.184. The van der Waals surface area contributed by atoms with Crippen LogP contribution in [0, 0.1) is 41.5 Å². The minimum absolute atomic E-state index is 0.202. The van der Waals surface area contributed by atoms with E-state index in [1.165, 1.54) is 33.4 Å². The summed E-state index contributed by atoms with van der Waals surface area (Å²) in [6, 6.07) is 20.7. The molecule has 12 nitrogen and oxygen atoms in total. The Morgan fingerprint density at radius 2 is 0.968 bits per heavy atom. The summed E-state index contributed by atoms with van der Waals surface area (Å²) in [7, 11) is -1.39. The molecule has 0 spiro atoms. The van der Waals surface area contributed by atoms with Gasteiger partial charge >= 0.3 is 19.3 Å². The normalized spacial score (nSPS) is 14.9. The Labute approximate surface area is 378 Å². The molecule has 2 fully saturated rings. The second kappa shape index (κ2) is 22.3. The van der Waals surface area contributed by atoms with Gasteiger partial charge in [0.2, 0.25) is 0 Å². The Kier molecular flexibility index (Phi) is 18.1. The number of benzene rings is 2. The van der Waals surface area contributed by atoms with E-state index in [1.807, 2.05) is 74.1 Å². The molecule has 0 atom stereocenters. The molecule has 2 aliphatic rings. The number of carbonyl (C=O) groups excluding carboxylic acids is 2. The number of halogens is 1. The predicted octanol–water partition coefficient (Wildman–Crippen LogP) is 7.92. The number of ether oxygens (including phenoxy) is 2. The number of aryl methyl sites for hydroxylation is 6. The first kappa shape index (κ1) is 50.3. The summed E-state index contributed by atoms with van der Waals surface area (Å²) in [5.74, 6) is 0. The van der Waals surface area contributed by atoms with Gasteiger partial charge in [0.05, 0.1) is 0 Å². The third-order valence-electron chi connectivity index (χ3n) is 10.3. The van der Waals surface area contributed by atoms with Gasteiger partial charge in [-0.2, -0.15) is 0 Å². The number of rotatable bonds is 6. The van der Waals surface area contributed by atoms with Crippen molar-refractivity contribution in [1.82, 2.24) is 29.6 Å². The van der Waals surface area contributed by atoms with Crippen molar-refractivity contribution in [2.45, 2.75) is 107 Å². The molecule has 336 valence electrons. The second-order valence-electron chi connectivity index (χ2n) is 18.4. The van der Waals surface area contributed by atoms with E-state index >= 15 is 0 Å². The van der Waals surface area contributed by atoms with Crippen LogP contribution in [0.25, 0.3) is 11.1 Å². The third kappa shape index (κ3) is 16.7. The van der Waals surface area contributed by atoms with Crippen molar-refractivity contribution in [3.8, 4) is 11.1 Å². The van der Waals surface area contributed by atoms with Gasteiger partial charge in [-0.1, -0.05) is 40.2 Å². The van der Waals surface area contributed by atoms with Gasteiger partial charge in [-0.15, -0.1) is 0 Å². The minimum Gasteiger partial charge on any atom is -0.444 e. The molecule has 2 aromatic heterocycles. The van der Waals surface area contributed by atoms with Gasteiger partial charge in [0.15, 0.2) is 0 Å². The van der Waals surface area contributed by atoms with E-state index in [2.05, 4.69) is 98.1 Å². The SMILES string of the molecule is Cc1cc(-c2ccc(CN3CCN(C(=O)OC(C)(C)C)CC3)c(C)c2)cc(C)n1.Cc1cc(B(O)O)cc(C)n1.Cc1cc(Br)ccc1CN1CCN(C(=O)OC(C)(C)C)CC1. The third-order valence-corrected chi connectivity index (χ3v) is 10.8. The first-order chi connectivity index (χ1) is 28.9. The van der Waals surface area contributed by atoms with Gasteiger partial charge in [-0.05, 0) is 158 Å². The fourth-order valence-electron chi connectivity index (χ4n) is 7.22. The predicted molar refractivity (Wildman–Crippen MR) is 252 cm³/mol. The van der Waals surface area contributed by atoms with E-state index in [-0.39, 0.29) is 12.2 Å². The molecule has 0 saturated carbocycles. The van der Waals surface area contributed by atoms with Gasteiger partial charge in [0.1, 0.15) is 11.2 Å². The molecule has 4 aromatic rings. The fraction of sp³-hybridized carbons (Fsp3) is 0.500.